The predicted octanol–water partition coefficient (Wildman–Crippen LogP) is 3.78. The lowest BCUT2D eigenvalue weighted by Crippen LogP contribution is -2.55. The minimum atomic E-state index is -1.87. The van der Waals surface area contributed by atoms with Gasteiger partial charge in [0.25, 0.3) is 0 Å². The van der Waals surface area contributed by atoms with Crippen molar-refractivity contribution in [1.82, 2.24) is 0 Å². The van der Waals surface area contributed by atoms with E-state index in [9.17, 15) is 9.59 Å². The van der Waals surface area contributed by atoms with Crippen LogP contribution in [-0.4, -0.2) is 30.8 Å². The number of carbonyl (C=O) groups excluding carboxylic acids is 1. The summed E-state index contributed by atoms with van der Waals surface area (Å²) >= 11 is 0. The normalized spacial score (nSPS) is 14.3. The number of rotatable bonds is 7. The first-order chi connectivity index (χ1) is 9.06. The van der Waals surface area contributed by atoms with Crippen molar-refractivity contribution < 1.29 is 19.4 Å². The van der Waals surface area contributed by atoms with Crippen molar-refractivity contribution in [3.8, 4) is 0 Å². The van der Waals surface area contributed by atoms with Crippen molar-refractivity contribution in [2.75, 3.05) is 0 Å². The summed E-state index contributed by atoms with van der Waals surface area (Å²) in [7, 11) is -1.87. The fourth-order valence-corrected chi connectivity index (χ4v) is 11.0. The summed E-state index contributed by atoms with van der Waals surface area (Å²) in [4.78, 5) is 22.1. The van der Waals surface area contributed by atoms with Crippen LogP contribution in [0.3, 0.4) is 0 Å². The van der Waals surface area contributed by atoms with Gasteiger partial charge in [-0.2, -0.15) is 0 Å². The summed E-state index contributed by atoms with van der Waals surface area (Å²) in [6, 6.07) is 0. The lowest BCUT2D eigenvalue weighted by molar-refractivity contribution is -0.140. The smallest absolute Gasteiger partial charge is 0.330 e. The van der Waals surface area contributed by atoms with Crippen LogP contribution in [0.15, 0.2) is 12.2 Å². The molecule has 5 heteroatoms. The number of aliphatic carboxylic acids is 1. The van der Waals surface area contributed by atoms with E-state index in [1.165, 1.54) is 0 Å². The molecule has 0 saturated carbocycles. The van der Waals surface area contributed by atoms with E-state index in [4.69, 9.17) is 9.84 Å². The second kappa shape index (κ2) is 7.62. The van der Waals surface area contributed by atoms with Gasteiger partial charge in [-0.3, -0.25) is 0 Å². The number of carbonyl (C=O) groups is 2. The summed E-state index contributed by atoms with van der Waals surface area (Å²) in [5.74, 6) is -1.71. The van der Waals surface area contributed by atoms with Gasteiger partial charge in [0.05, 0.1) is 5.73 Å². The summed E-state index contributed by atoms with van der Waals surface area (Å²) < 4.78 is 5.52. The first-order valence-corrected chi connectivity index (χ1v) is 9.49. The molecule has 0 saturated heterocycles. The molecule has 0 aromatic carbocycles. The van der Waals surface area contributed by atoms with Crippen molar-refractivity contribution in [2.45, 2.75) is 70.8 Å². The molecule has 0 bridgehead atoms. The summed E-state index contributed by atoms with van der Waals surface area (Å²) in [6.45, 7) is 15.1. The fraction of sp³-hybridized carbons (Fsp3) is 0.733. The molecule has 1 atom stereocenters. The molecule has 0 amide bonds. The SMILES string of the molecule is CC(C)[Si](C(C)C)(C(C)C)C(C)OC(=O)/C=C\C(=O)O. The second-order valence-corrected chi connectivity index (χ2v) is 12.5. The molecule has 0 aliphatic heterocycles. The zero-order valence-corrected chi connectivity index (χ0v) is 14.6. The first-order valence-electron chi connectivity index (χ1n) is 7.18. The van der Waals surface area contributed by atoms with Gasteiger partial charge in [0.1, 0.15) is 8.07 Å². The van der Waals surface area contributed by atoms with Crippen LogP contribution >= 0.6 is 0 Å². The largest absolute Gasteiger partial charge is 0.478 e. The Kier molecular flexibility index (Phi) is 7.20. The Hall–Kier alpha value is -1.10. The number of carboxylic acids is 1. The molecule has 20 heavy (non-hydrogen) atoms. The Morgan fingerprint density at radius 3 is 1.60 bits per heavy atom. The Bertz CT molecular complexity index is 350. The lowest BCUT2D eigenvalue weighted by Gasteiger charge is -2.46. The van der Waals surface area contributed by atoms with Gasteiger partial charge in [0.2, 0.25) is 0 Å². The minimum Gasteiger partial charge on any atom is -0.478 e. The zero-order chi connectivity index (χ0) is 16.1. The zero-order valence-electron chi connectivity index (χ0n) is 13.6. The fourth-order valence-electron chi connectivity index (χ4n) is 3.86. The van der Waals surface area contributed by atoms with E-state index < -0.39 is 20.0 Å². The average molecular weight is 300 g/mol. The van der Waals surface area contributed by atoms with Crippen molar-refractivity contribution in [3.63, 3.8) is 0 Å². The third-order valence-electron chi connectivity index (χ3n) is 4.36. The summed E-state index contributed by atoms with van der Waals surface area (Å²) in [5.41, 5.74) is 1.30. The number of hydrogen-bond acceptors (Lipinski definition) is 3. The molecule has 0 aromatic heterocycles. The molecule has 0 aromatic rings. The molecule has 4 nitrogen and oxygen atoms in total. The Labute approximate surface area is 123 Å². The molecule has 0 spiro atoms. The van der Waals surface area contributed by atoms with Crippen LogP contribution in [0.2, 0.25) is 16.6 Å². The number of ether oxygens (including phenoxy) is 1. The van der Waals surface area contributed by atoms with Gasteiger partial charge in [-0.1, -0.05) is 41.5 Å². The molecule has 0 fully saturated rings. The maximum Gasteiger partial charge on any atom is 0.330 e. The second-order valence-electron chi connectivity index (χ2n) is 6.21. The van der Waals surface area contributed by atoms with Crippen molar-refractivity contribution in [1.29, 1.82) is 0 Å². The monoisotopic (exact) mass is 300 g/mol. The van der Waals surface area contributed by atoms with Crippen LogP contribution in [-0.2, 0) is 14.3 Å². The van der Waals surface area contributed by atoms with Gasteiger partial charge < -0.3 is 9.84 Å². The highest BCUT2D eigenvalue weighted by Crippen LogP contribution is 2.44. The first kappa shape index (κ1) is 18.9. The number of carboxylic acid groups (broad SMARTS) is 1. The molecular weight excluding hydrogens is 272 g/mol. The number of hydrogen-bond donors (Lipinski definition) is 1. The highest BCUT2D eigenvalue weighted by atomic mass is 28.3. The van der Waals surface area contributed by atoms with E-state index in [1.54, 1.807) is 0 Å². The molecule has 0 aliphatic carbocycles. The summed E-state index contributed by atoms with van der Waals surface area (Å²) in [5, 5.41) is 8.54. The van der Waals surface area contributed by atoms with Gasteiger partial charge in [-0.05, 0) is 23.5 Å². The van der Waals surface area contributed by atoms with Crippen LogP contribution in [0.5, 0.6) is 0 Å². The van der Waals surface area contributed by atoms with Crippen LogP contribution in [0.1, 0.15) is 48.5 Å². The predicted molar refractivity (Wildman–Crippen MR) is 83.4 cm³/mol. The molecule has 0 rings (SSSR count). The molecule has 0 radical (unpaired) electrons. The van der Waals surface area contributed by atoms with Crippen LogP contribution < -0.4 is 0 Å². The van der Waals surface area contributed by atoms with E-state index in [0.29, 0.717) is 16.6 Å². The van der Waals surface area contributed by atoms with Crippen molar-refractivity contribution in [3.05, 3.63) is 12.2 Å². The van der Waals surface area contributed by atoms with E-state index in [0.717, 1.165) is 12.2 Å². The summed E-state index contributed by atoms with van der Waals surface area (Å²) in [6.07, 6.45) is 1.80. The van der Waals surface area contributed by atoms with E-state index in [-0.39, 0.29) is 5.73 Å². The van der Waals surface area contributed by atoms with Gasteiger partial charge in [0, 0.05) is 12.2 Å². The third-order valence-corrected chi connectivity index (χ3v) is 11.9. The van der Waals surface area contributed by atoms with Gasteiger partial charge in [-0.15, -0.1) is 0 Å². The van der Waals surface area contributed by atoms with Crippen LogP contribution in [0, 0.1) is 0 Å². The molecule has 0 heterocycles. The standard InChI is InChI=1S/C15H28O4Si/c1-10(2)20(11(3)4,12(5)6)13(7)19-15(18)9-8-14(16)17/h8-13H,1-7H3,(H,16,17)/b9-8-. The van der Waals surface area contributed by atoms with Crippen LogP contribution in [0.25, 0.3) is 0 Å². The Morgan fingerprint density at radius 2 is 1.30 bits per heavy atom. The van der Waals surface area contributed by atoms with Gasteiger partial charge in [-0.25, -0.2) is 9.59 Å². The highest BCUT2D eigenvalue weighted by molar-refractivity contribution is 6.84. The Balaban J connectivity index is 5.21. The average Bonchev–Trinajstić information content (AvgIpc) is 2.25. The maximum atomic E-state index is 11.7. The molecule has 0 aliphatic rings. The lowest BCUT2D eigenvalue weighted by atomic mass is 10.5. The van der Waals surface area contributed by atoms with E-state index in [2.05, 4.69) is 41.5 Å². The quantitative estimate of drug-likeness (QED) is 0.441. The maximum absolute atomic E-state index is 11.7. The van der Waals surface area contributed by atoms with E-state index in [1.807, 2.05) is 6.92 Å². The third kappa shape index (κ3) is 4.20. The Morgan fingerprint density at radius 1 is 0.900 bits per heavy atom. The molecule has 1 unspecified atom stereocenters. The molecular formula is C15H28O4Si. The minimum absolute atomic E-state index is 0.145. The highest BCUT2D eigenvalue weighted by Gasteiger charge is 2.49. The molecule has 1 N–H and O–H groups in total. The number of esters is 1. The molecule has 116 valence electrons. The van der Waals surface area contributed by atoms with Crippen molar-refractivity contribution in [2.24, 2.45) is 0 Å². The van der Waals surface area contributed by atoms with Gasteiger partial charge in [0.15, 0.2) is 0 Å². The topological polar surface area (TPSA) is 63.6 Å². The van der Waals surface area contributed by atoms with E-state index >= 15 is 0 Å². The van der Waals surface area contributed by atoms with Crippen LogP contribution in [0.4, 0.5) is 0 Å². The van der Waals surface area contributed by atoms with Crippen molar-refractivity contribution >= 4 is 20.0 Å². The van der Waals surface area contributed by atoms with Gasteiger partial charge >= 0.3 is 11.9 Å².